The minimum absolute atomic E-state index is 0.134. The molecule has 2 heterocycles. The second kappa shape index (κ2) is 5.87. The van der Waals surface area contributed by atoms with Crippen molar-refractivity contribution in [2.24, 2.45) is 7.05 Å². The number of rotatable bonds is 4. The van der Waals surface area contributed by atoms with Gasteiger partial charge in [-0.25, -0.2) is 9.55 Å². The second-order valence-corrected chi connectivity index (χ2v) is 5.64. The molecule has 0 aliphatic carbocycles. The topological polar surface area (TPSA) is 105 Å². The van der Waals surface area contributed by atoms with E-state index in [1.54, 1.807) is 0 Å². The molecule has 9 nitrogen and oxygen atoms in total. The van der Waals surface area contributed by atoms with Crippen LogP contribution in [0.4, 0.5) is 5.82 Å². The molecule has 12 heteroatoms. The van der Waals surface area contributed by atoms with Crippen LogP contribution in [0, 0.1) is 10.1 Å². The molecule has 1 aromatic heterocycles. The number of nitrogens with one attached hydrogen (secondary N) is 2. The maximum Gasteiger partial charge on any atom is 0.342 e. The van der Waals surface area contributed by atoms with Crippen molar-refractivity contribution in [3.8, 4) is 0 Å². The van der Waals surface area contributed by atoms with E-state index in [0.29, 0.717) is 10.7 Å². The predicted octanol–water partition coefficient (Wildman–Crippen LogP) is 0.930. The molecular formula is C8H8Cl2N6O3S. The van der Waals surface area contributed by atoms with Crippen molar-refractivity contribution < 1.29 is 9.72 Å². The summed E-state index contributed by atoms with van der Waals surface area (Å²) in [6.45, 7) is 0. The number of alkyl halides is 2. The van der Waals surface area contributed by atoms with E-state index in [2.05, 4.69) is 15.8 Å². The summed E-state index contributed by atoms with van der Waals surface area (Å²) in [7, 11) is 1.52. The first-order chi connectivity index (χ1) is 9.40. The van der Waals surface area contributed by atoms with E-state index in [9.17, 15) is 14.9 Å². The Kier molecular flexibility index (Phi) is 4.38. The van der Waals surface area contributed by atoms with Crippen molar-refractivity contribution in [3.63, 3.8) is 0 Å². The Labute approximate surface area is 127 Å². The van der Waals surface area contributed by atoms with Crippen molar-refractivity contribution in [1.82, 2.24) is 24.9 Å². The molecule has 2 rings (SSSR count). The molecule has 0 saturated heterocycles. The molecule has 0 radical (unpaired) electrons. The van der Waals surface area contributed by atoms with Gasteiger partial charge >= 0.3 is 5.82 Å². The molecule has 1 aliphatic heterocycles. The van der Waals surface area contributed by atoms with Crippen LogP contribution in [-0.2, 0) is 11.8 Å². The minimum Gasteiger partial charge on any atom is -0.358 e. The lowest BCUT2D eigenvalue weighted by Crippen LogP contribution is -2.44. The molecule has 1 aliphatic rings. The minimum atomic E-state index is -1.20. The molecule has 0 saturated carbocycles. The highest BCUT2D eigenvalue weighted by Crippen LogP contribution is 2.32. The Morgan fingerprint density at radius 1 is 1.65 bits per heavy atom. The summed E-state index contributed by atoms with van der Waals surface area (Å²) in [6.07, 6.45) is 2.69. The fourth-order valence-corrected chi connectivity index (χ4v) is 2.29. The number of aromatic nitrogens is 2. The summed E-state index contributed by atoms with van der Waals surface area (Å²) < 4.78 is 2.59. The first kappa shape index (κ1) is 14.9. The Hall–Kier alpha value is -1.49. The van der Waals surface area contributed by atoms with Crippen LogP contribution in [0.15, 0.2) is 12.4 Å². The zero-order valence-electron chi connectivity index (χ0n) is 9.91. The highest BCUT2D eigenvalue weighted by Gasteiger charge is 2.27. The van der Waals surface area contributed by atoms with Gasteiger partial charge in [-0.05, 0) is 4.92 Å². The molecule has 0 spiro atoms. The van der Waals surface area contributed by atoms with Gasteiger partial charge in [0.2, 0.25) is 5.82 Å². The van der Waals surface area contributed by atoms with Gasteiger partial charge in [0.25, 0.3) is 5.91 Å². The third kappa shape index (κ3) is 2.98. The number of carbonyl (C=O) groups is 1. The molecule has 108 valence electrons. The summed E-state index contributed by atoms with van der Waals surface area (Å²) >= 11 is 11.9. The average Bonchev–Trinajstić information content (AvgIpc) is 2.95. The molecule has 0 atom stereocenters. The monoisotopic (exact) mass is 338 g/mol. The fraction of sp³-hybridized carbons (Fsp3) is 0.250. The zero-order valence-corrected chi connectivity index (χ0v) is 12.2. The van der Waals surface area contributed by atoms with E-state index in [4.69, 9.17) is 23.2 Å². The molecule has 0 aromatic carbocycles. The van der Waals surface area contributed by atoms with Crippen LogP contribution >= 0.6 is 35.1 Å². The highest BCUT2D eigenvalue weighted by atomic mass is 35.5. The van der Waals surface area contributed by atoms with Crippen molar-refractivity contribution in [2.75, 3.05) is 0 Å². The Bertz CT molecular complexity index is 589. The van der Waals surface area contributed by atoms with Crippen molar-refractivity contribution >= 4 is 51.8 Å². The number of imidazole rings is 1. The molecule has 20 heavy (non-hydrogen) atoms. The largest absolute Gasteiger partial charge is 0.358 e. The first-order valence-electron chi connectivity index (χ1n) is 5.09. The van der Waals surface area contributed by atoms with Crippen LogP contribution < -0.4 is 10.9 Å². The fourth-order valence-electron chi connectivity index (χ4n) is 1.38. The summed E-state index contributed by atoms with van der Waals surface area (Å²) in [4.78, 5) is 24.9. The predicted molar refractivity (Wildman–Crippen MR) is 74.0 cm³/mol. The molecular weight excluding hydrogens is 331 g/mol. The average molecular weight is 339 g/mol. The van der Waals surface area contributed by atoms with E-state index in [-0.39, 0.29) is 5.82 Å². The molecule has 2 N–H and O–H groups in total. The normalized spacial score (nSPS) is 15.1. The molecule has 0 bridgehead atoms. The quantitative estimate of drug-likeness (QED) is 0.364. The number of hydrazine groups is 2. The van der Waals surface area contributed by atoms with Gasteiger partial charge in [0.1, 0.15) is 11.1 Å². The van der Waals surface area contributed by atoms with Crippen molar-refractivity contribution in [1.29, 1.82) is 0 Å². The van der Waals surface area contributed by atoms with E-state index < -0.39 is 15.7 Å². The lowest BCUT2D eigenvalue weighted by Gasteiger charge is -2.15. The smallest absolute Gasteiger partial charge is 0.342 e. The number of carbonyl (C=O) groups excluding carboxylic acids is 1. The summed E-state index contributed by atoms with van der Waals surface area (Å²) in [5, 5.41) is 10.7. The van der Waals surface area contributed by atoms with Crippen molar-refractivity contribution in [3.05, 3.63) is 28.3 Å². The standard InChI is InChI=1S/C8H8Cl2N6O3S/c1-14-5(15(18)19)3-11-7(14)4-2-12-16(20-4)13-8(17)6(9)10/h2-3,6,12H,1H3,(H,13,17). The van der Waals surface area contributed by atoms with Crippen molar-refractivity contribution in [2.45, 2.75) is 4.84 Å². The van der Waals surface area contributed by atoms with E-state index in [1.165, 1.54) is 22.3 Å². The SMILES string of the molecule is Cn1c([N+](=O)[O-])cnc1C1=CNN(NC(=O)C(Cl)Cl)S1. The third-order valence-electron chi connectivity index (χ3n) is 2.28. The lowest BCUT2D eigenvalue weighted by molar-refractivity contribution is -0.391. The Morgan fingerprint density at radius 2 is 2.35 bits per heavy atom. The van der Waals surface area contributed by atoms with Crippen LogP contribution in [0.2, 0.25) is 0 Å². The summed E-state index contributed by atoms with van der Waals surface area (Å²) in [5.74, 6) is -0.349. The van der Waals surface area contributed by atoms with Gasteiger partial charge in [-0.3, -0.25) is 15.6 Å². The van der Waals surface area contributed by atoms with E-state index in [0.717, 1.165) is 18.1 Å². The van der Waals surface area contributed by atoms with Crippen LogP contribution in [0.3, 0.4) is 0 Å². The molecule has 0 fully saturated rings. The van der Waals surface area contributed by atoms with Crippen LogP contribution in [0.1, 0.15) is 5.82 Å². The van der Waals surface area contributed by atoms with Gasteiger partial charge in [-0.15, -0.1) is 0 Å². The van der Waals surface area contributed by atoms with E-state index >= 15 is 0 Å². The summed E-state index contributed by atoms with van der Waals surface area (Å²) in [5.41, 5.74) is 5.10. The van der Waals surface area contributed by atoms with Gasteiger partial charge in [0.05, 0.1) is 7.05 Å². The number of halogens is 2. The zero-order chi connectivity index (χ0) is 14.9. The first-order valence-corrected chi connectivity index (χ1v) is 6.74. The van der Waals surface area contributed by atoms with Crippen LogP contribution in [0.5, 0.6) is 0 Å². The second-order valence-electron chi connectivity index (χ2n) is 3.56. The Morgan fingerprint density at radius 3 is 2.90 bits per heavy atom. The van der Waals surface area contributed by atoms with Gasteiger partial charge in [0.15, 0.2) is 4.84 Å². The van der Waals surface area contributed by atoms with Gasteiger partial charge in [-0.2, -0.15) is 0 Å². The van der Waals surface area contributed by atoms with Crippen LogP contribution in [-0.4, -0.2) is 29.7 Å². The number of hydrogen-bond donors (Lipinski definition) is 2. The van der Waals surface area contributed by atoms with Crippen LogP contribution in [0.25, 0.3) is 4.91 Å². The number of hydrogen-bond acceptors (Lipinski definition) is 7. The number of amides is 1. The number of nitrogens with zero attached hydrogens (tertiary/aromatic N) is 4. The van der Waals surface area contributed by atoms with Gasteiger partial charge < -0.3 is 10.1 Å². The molecule has 1 amide bonds. The maximum absolute atomic E-state index is 11.3. The highest BCUT2D eigenvalue weighted by molar-refractivity contribution is 8.06. The lowest BCUT2D eigenvalue weighted by atomic mass is 10.5. The molecule has 1 aromatic rings. The maximum atomic E-state index is 11.3. The van der Waals surface area contributed by atoms with E-state index in [1.807, 2.05) is 0 Å². The Balaban J connectivity index is 2.06. The van der Waals surface area contributed by atoms with Gasteiger partial charge in [0, 0.05) is 18.1 Å². The van der Waals surface area contributed by atoms with Gasteiger partial charge in [-0.1, -0.05) is 27.7 Å². The number of nitro groups is 1. The summed E-state index contributed by atoms with van der Waals surface area (Å²) in [6, 6.07) is 0. The molecule has 0 unspecified atom stereocenters. The third-order valence-corrected chi connectivity index (χ3v) is 3.56.